The van der Waals surface area contributed by atoms with Gasteiger partial charge in [0, 0.05) is 19.4 Å². The summed E-state index contributed by atoms with van der Waals surface area (Å²) in [4.78, 5) is 25.4. The zero-order valence-corrected chi connectivity index (χ0v) is 20.1. The second-order valence-electron chi connectivity index (χ2n) is 8.39. The van der Waals surface area contributed by atoms with E-state index in [4.69, 9.17) is 9.47 Å². The van der Waals surface area contributed by atoms with Crippen molar-refractivity contribution in [1.82, 2.24) is 24.5 Å². The molecule has 1 unspecified atom stereocenters. The summed E-state index contributed by atoms with van der Waals surface area (Å²) in [5.41, 5.74) is 1.77. The van der Waals surface area contributed by atoms with Gasteiger partial charge in [0.15, 0.2) is 11.5 Å². The maximum atomic E-state index is 12.8. The Labute approximate surface area is 200 Å². The molecule has 10 heteroatoms. The molecular weight excluding hydrogens is 454 g/mol. The number of thiophene rings is 1. The summed E-state index contributed by atoms with van der Waals surface area (Å²) in [6.07, 6.45) is 2.41. The maximum absolute atomic E-state index is 12.8. The number of hydrogen-bond acceptors (Lipinski definition) is 7. The van der Waals surface area contributed by atoms with Crippen LogP contribution in [0.15, 0.2) is 34.4 Å². The van der Waals surface area contributed by atoms with E-state index >= 15 is 0 Å². The van der Waals surface area contributed by atoms with Gasteiger partial charge in [-0.05, 0) is 48.9 Å². The van der Waals surface area contributed by atoms with Crippen molar-refractivity contribution in [3.8, 4) is 11.5 Å². The zero-order valence-electron chi connectivity index (χ0n) is 19.2. The van der Waals surface area contributed by atoms with E-state index in [0.717, 1.165) is 29.1 Å². The summed E-state index contributed by atoms with van der Waals surface area (Å²) >= 11 is 1.43. The second-order valence-corrected chi connectivity index (χ2v) is 9.31. The van der Waals surface area contributed by atoms with Crippen molar-refractivity contribution in [2.45, 2.75) is 52.1 Å². The Morgan fingerprint density at radius 2 is 2.03 bits per heavy atom. The molecule has 1 N–H and O–H groups in total. The molecule has 0 spiro atoms. The summed E-state index contributed by atoms with van der Waals surface area (Å²) in [5, 5.41) is 13.6. The normalized spacial score (nSPS) is 13.9. The standard InChI is InChI=1S/C24H27N5O4S/c1-3-10-28-23(31)22-17(9-13-34-22)29-20(26-27-24(28)29)5-4-6-21(30)25-15(2)16-7-8-18-19(14-16)33-12-11-32-18/h7-9,13-15H,3-6,10-12H2,1-2H3,(H,25,30). The van der Waals surface area contributed by atoms with Crippen LogP contribution in [0, 0.1) is 0 Å². The molecule has 1 aliphatic heterocycles. The molecule has 0 fully saturated rings. The van der Waals surface area contributed by atoms with Crippen LogP contribution in [0.3, 0.4) is 0 Å². The van der Waals surface area contributed by atoms with Gasteiger partial charge in [-0.1, -0.05) is 13.0 Å². The quantitative estimate of drug-likeness (QED) is 0.414. The van der Waals surface area contributed by atoms with E-state index in [0.29, 0.717) is 55.2 Å². The Balaban J connectivity index is 1.26. The van der Waals surface area contributed by atoms with Crippen LogP contribution in [0.2, 0.25) is 0 Å². The fourth-order valence-electron chi connectivity index (χ4n) is 4.30. The Hall–Kier alpha value is -3.40. The van der Waals surface area contributed by atoms with Crippen LogP contribution in [-0.4, -0.2) is 38.3 Å². The Kier molecular flexibility index (Phi) is 6.23. The second kappa shape index (κ2) is 9.46. The molecule has 1 amide bonds. The minimum Gasteiger partial charge on any atom is -0.486 e. The van der Waals surface area contributed by atoms with Crippen LogP contribution in [0.4, 0.5) is 0 Å². The van der Waals surface area contributed by atoms with Crippen molar-refractivity contribution in [2.75, 3.05) is 13.2 Å². The number of fused-ring (bicyclic) bond motifs is 4. The molecule has 0 radical (unpaired) electrons. The van der Waals surface area contributed by atoms with Gasteiger partial charge in [0.25, 0.3) is 5.56 Å². The topological polar surface area (TPSA) is 99.8 Å². The predicted molar refractivity (Wildman–Crippen MR) is 130 cm³/mol. The van der Waals surface area contributed by atoms with Crippen molar-refractivity contribution in [3.63, 3.8) is 0 Å². The average molecular weight is 482 g/mol. The molecule has 1 atom stereocenters. The Morgan fingerprint density at radius 3 is 2.85 bits per heavy atom. The number of carbonyl (C=O) groups excluding carboxylic acids is 1. The first kappa shape index (κ1) is 22.4. The largest absolute Gasteiger partial charge is 0.486 e. The number of nitrogens with zero attached hydrogens (tertiary/aromatic N) is 4. The van der Waals surface area contributed by atoms with E-state index in [1.54, 1.807) is 4.57 Å². The number of amides is 1. The molecule has 0 saturated heterocycles. The number of hydrogen-bond donors (Lipinski definition) is 1. The van der Waals surface area contributed by atoms with Gasteiger partial charge < -0.3 is 14.8 Å². The third-order valence-electron chi connectivity index (χ3n) is 5.97. The highest BCUT2D eigenvalue weighted by atomic mass is 32.1. The number of benzene rings is 1. The van der Waals surface area contributed by atoms with Gasteiger partial charge in [0.05, 0.1) is 11.6 Å². The molecular formula is C24H27N5O4S. The smallest absolute Gasteiger partial charge is 0.272 e. The minimum absolute atomic E-state index is 0.0224. The SMILES string of the molecule is CCCn1c(=O)c2sccc2n2c(CCCC(=O)NC(C)c3ccc4c(c3)OCCO4)nnc12. The minimum atomic E-state index is -0.147. The molecule has 1 aromatic carbocycles. The number of ether oxygens (including phenoxy) is 2. The lowest BCUT2D eigenvalue weighted by atomic mass is 10.1. The molecule has 5 rings (SSSR count). The summed E-state index contributed by atoms with van der Waals surface area (Å²) in [6, 6.07) is 7.53. The number of aryl methyl sites for hydroxylation is 2. The highest BCUT2D eigenvalue weighted by molar-refractivity contribution is 7.17. The fraction of sp³-hybridized carbons (Fsp3) is 0.417. The van der Waals surface area contributed by atoms with Gasteiger partial charge in [-0.15, -0.1) is 21.5 Å². The highest BCUT2D eigenvalue weighted by Crippen LogP contribution is 2.32. The first-order valence-electron chi connectivity index (χ1n) is 11.6. The first-order chi connectivity index (χ1) is 16.6. The highest BCUT2D eigenvalue weighted by Gasteiger charge is 2.18. The number of aromatic nitrogens is 4. The van der Waals surface area contributed by atoms with E-state index in [9.17, 15) is 9.59 Å². The van der Waals surface area contributed by atoms with Gasteiger partial charge in [0.2, 0.25) is 11.7 Å². The van der Waals surface area contributed by atoms with Crippen molar-refractivity contribution >= 4 is 33.2 Å². The van der Waals surface area contributed by atoms with E-state index in [2.05, 4.69) is 15.5 Å². The number of rotatable bonds is 8. The first-order valence-corrected chi connectivity index (χ1v) is 12.5. The van der Waals surface area contributed by atoms with Crippen LogP contribution in [-0.2, 0) is 17.8 Å². The summed E-state index contributed by atoms with van der Waals surface area (Å²) in [7, 11) is 0. The Bertz CT molecular complexity index is 1410. The molecule has 0 bridgehead atoms. The van der Waals surface area contributed by atoms with Crippen molar-refractivity contribution in [3.05, 3.63) is 51.4 Å². The molecule has 0 saturated carbocycles. The predicted octanol–water partition coefficient (Wildman–Crippen LogP) is 3.49. The third kappa shape index (κ3) is 4.13. The van der Waals surface area contributed by atoms with Crippen LogP contribution < -0.4 is 20.3 Å². The van der Waals surface area contributed by atoms with Crippen LogP contribution in [0.5, 0.6) is 11.5 Å². The monoisotopic (exact) mass is 481 g/mol. The average Bonchev–Trinajstić information content (AvgIpc) is 3.49. The molecule has 4 heterocycles. The van der Waals surface area contributed by atoms with E-state index in [-0.39, 0.29) is 17.5 Å². The number of carbonyl (C=O) groups is 1. The van der Waals surface area contributed by atoms with Crippen LogP contribution in [0.25, 0.3) is 16.0 Å². The van der Waals surface area contributed by atoms with E-state index in [1.807, 2.05) is 47.9 Å². The van der Waals surface area contributed by atoms with Crippen molar-refractivity contribution in [2.24, 2.45) is 0 Å². The van der Waals surface area contributed by atoms with Gasteiger partial charge in [0.1, 0.15) is 23.7 Å². The zero-order chi connectivity index (χ0) is 23.7. The van der Waals surface area contributed by atoms with Gasteiger partial charge in [-0.2, -0.15) is 0 Å². The van der Waals surface area contributed by atoms with E-state index < -0.39 is 0 Å². The third-order valence-corrected chi connectivity index (χ3v) is 6.87. The fourth-order valence-corrected chi connectivity index (χ4v) is 5.13. The summed E-state index contributed by atoms with van der Waals surface area (Å²) in [5.74, 6) is 2.74. The summed E-state index contributed by atoms with van der Waals surface area (Å²) < 4.78 is 15.6. The molecule has 3 aromatic heterocycles. The van der Waals surface area contributed by atoms with Gasteiger partial charge in [-0.3, -0.25) is 18.6 Å². The lowest BCUT2D eigenvalue weighted by molar-refractivity contribution is -0.121. The van der Waals surface area contributed by atoms with Gasteiger partial charge in [-0.25, -0.2) is 0 Å². The molecule has 1 aliphatic rings. The lowest BCUT2D eigenvalue weighted by Gasteiger charge is -2.21. The molecule has 0 aliphatic carbocycles. The number of nitrogens with one attached hydrogen (secondary N) is 1. The van der Waals surface area contributed by atoms with Crippen LogP contribution >= 0.6 is 11.3 Å². The van der Waals surface area contributed by atoms with Crippen molar-refractivity contribution < 1.29 is 14.3 Å². The Morgan fingerprint density at radius 1 is 1.21 bits per heavy atom. The van der Waals surface area contributed by atoms with Crippen molar-refractivity contribution in [1.29, 1.82) is 0 Å². The summed E-state index contributed by atoms with van der Waals surface area (Å²) in [6.45, 7) is 5.66. The molecule has 178 valence electrons. The molecule has 34 heavy (non-hydrogen) atoms. The molecule has 4 aromatic rings. The maximum Gasteiger partial charge on any atom is 0.272 e. The van der Waals surface area contributed by atoms with Crippen LogP contribution in [0.1, 0.15) is 50.5 Å². The molecule has 9 nitrogen and oxygen atoms in total. The van der Waals surface area contributed by atoms with E-state index in [1.165, 1.54) is 11.3 Å². The van der Waals surface area contributed by atoms with Gasteiger partial charge >= 0.3 is 0 Å². The lowest BCUT2D eigenvalue weighted by Crippen LogP contribution is -2.26.